The molecule has 5 fully saturated rings. The van der Waals surface area contributed by atoms with Crippen LogP contribution in [0.15, 0.2) is 47.7 Å². The fourth-order valence-electron chi connectivity index (χ4n) is 10.4. The minimum absolute atomic E-state index is 0.00516. The number of ketones is 1. The number of imide groups is 1. The average molecular weight is 844 g/mol. The van der Waals surface area contributed by atoms with Gasteiger partial charge in [-0.25, -0.2) is 15.0 Å². The molecule has 0 aromatic carbocycles. The van der Waals surface area contributed by atoms with Gasteiger partial charge in [-0.3, -0.25) is 33.9 Å². The number of anilines is 4. The molecule has 1 unspecified atom stereocenters. The van der Waals surface area contributed by atoms with E-state index in [0.717, 1.165) is 114 Å². The molecule has 0 radical (unpaired) electrons. The van der Waals surface area contributed by atoms with E-state index in [2.05, 4.69) is 40.3 Å². The molecular weight excluding hydrogens is 787 g/mol. The van der Waals surface area contributed by atoms with Crippen molar-refractivity contribution in [1.82, 2.24) is 39.6 Å². The number of aromatic nitrogens is 5. The second-order valence-corrected chi connectivity index (χ2v) is 17.9. The van der Waals surface area contributed by atoms with E-state index in [4.69, 9.17) is 4.98 Å². The summed E-state index contributed by atoms with van der Waals surface area (Å²) in [5.74, 6) is 1.80. The van der Waals surface area contributed by atoms with E-state index in [1.807, 2.05) is 35.4 Å². The van der Waals surface area contributed by atoms with Crippen LogP contribution in [0.2, 0.25) is 0 Å². The molecule has 1 aliphatic carbocycles. The molecule has 1 saturated carbocycles. The Balaban J connectivity index is 0.727. The van der Waals surface area contributed by atoms with Gasteiger partial charge in [0.05, 0.1) is 23.4 Å². The summed E-state index contributed by atoms with van der Waals surface area (Å²) in [5.41, 5.74) is 3.00. The zero-order valence-electron chi connectivity index (χ0n) is 35.9. The lowest BCUT2D eigenvalue weighted by Gasteiger charge is -2.40. The molecule has 4 aliphatic heterocycles. The van der Waals surface area contributed by atoms with Crippen molar-refractivity contribution >= 4 is 57.8 Å². The Morgan fingerprint density at radius 2 is 1.58 bits per heavy atom. The number of aryl methyl sites for hydroxylation is 1. The normalized spacial score (nSPS) is 21.1. The monoisotopic (exact) mass is 843 g/mol. The van der Waals surface area contributed by atoms with Gasteiger partial charge in [-0.15, -0.1) is 0 Å². The lowest BCUT2D eigenvalue weighted by atomic mass is 9.90. The standard InChI is InChI=1S/C46H57N11O5/c1-29-37-27-49-46(52-42(37)57(34-5-3-4-6-34)45(62)41(29)30(2)58)50-38-9-7-35(26-48-38)54-21-23-56(24-22-54)44(61)32-14-17-53(18-15-32)28-31-12-19-55(20-13-31)39-25-33(11-16-47-39)36-8-10-40(59)51-43(36)60/h7,9,11,16,25-27,31-32,34,36H,3-6,8,10,12-15,17-24,28H2,1-2H3,(H,51,59,60)(H,48,49,50,52). The second kappa shape index (κ2) is 17.9. The molecule has 8 heterocycles. The number of nitrogens with zero attached hydrogens (tertiary/aromatic N) is 9. The Morgan fingerprint density at radius 3 is 2.27 bits per heavy atom. The molecule has 2 N–H and O–H groups in total. The Hall–Kier alpha value is -5.77. The van der Waals surface area contributed by atoms with Gasteiger partial charge >= 0.3 is 0 Å². The first-order valence-corrected chi connectivity index (χ1v) is 22.6. The summed E-state index contributed by atoms with van der Waals surface area (Å²) in [7, 11) is 0. The van der Waals surface area contributed by atoms with Crippen LogP contribution in [-0.2, 0) is 14.4 Å². The van der Waals surface area contributed by atoms with Crippen molar-refractivity contribution in [2.24, 2.45) is 11.8 Å². The summed E-state index contributed by atoms with van der Waals surface area (Å²) in [6.45, 7) is 10.9. The van der Waals surface area contributed by atoms with Crippen molar-refractivity contribution in [1.29, 1.82) is 0 Å². The Kier molecular flexibility index (Phi) is 12.0. The predicted molar refractivity (Wildman–Crippen MR) is 236 cm³/mol. The number of piperazine rings is 1. The van der Waals surface area contributed by atoms with E-state index in [1.165, 1.54) is 6.92 Å². The third-order valence-corrected chi connectivity index (χ3v) is 14.0. The Labute approximate surface area is 361 Å². The van der Waals surface area contributed by atoms with Crippen LogP contribution in [0.1, 0.15) is 105 Å². The van der Waals surface area contributed by atoms with E-state index < -0.39 is 0 Å². The van der Waals surface area contributed by atoms with Crippen molar-refractivity contribution < 1.29 is 19.2 Å². The number of piperidine rings is 3. The number of pyridine rings is 3. The molecule has 16 heteroatoms. The number of hydrogen-bond donors (Lipinski definition) is 2. The third-order valence-electron chi connectivity index (χ3n) is 14.0. The third kappa shape index (κ3) is 8.66. The molecule has 0 spiro atoms. The van der Waals surface area contributed by atoms with E-state index in [9.17, 15) is 24.0 Å². The summed E-state index contributed by atoms with van der Waals surface area (Å²) in [6.07, 6.45) is 14.0. The van der Waals surface area contributed by atoms with Gasteiger partial charge in [0.1, 0.15) is 17.3 Å². The SMILES string of the molecule is CC(=O)c1c(C)c2cnc(Nc3ccc(N4CCN(C(=O)C5CCN(CC6CCN(c7cc(C8CCC(=O)NC8=O)ccn7)CC6)CC5)CC4)cn3)nc2n(C2CCCC2)c1=O. The van der Waals surface area contributed by atoms with E-state index in [1.54, 1.807) is 23.9 Å². The highest BCUT2D eigenvalue weighted by atomic mass is 16.2. The Bertz CT molecular complexity index is 2390. The summed E-state index contributed by atoms with van der Waals surface area (Å²) >= 11 is 0. The first kappa shape index (κ1) is 41.6. The molecule has 326 valence electrons. The number of hydrogen-bond acceptors (Lipinski definition) is 13. The van der Waals surface area contributed by atoms with Crippen LogP contribution in [-0.4, -0.2) is 117 Å². The Morgan fingerprint density at radius 1 is 0.823 bits per heavy atom. The number of amides is 3. The van der Waals surface area contributed by atoms with Crippen LogP contribution in [0.5, 0.6) is 0 Å². The summed E-state index contributed by atoms with van der Waals surface area (Å²) < 4.78 is 1.71. The molecule has 3 amide bonds. The van der Waals surface area contributed by atoms with Crippen molar-refractivity contribution in [2.45, 2.75) is 90.0 Å². The topological polar surface area (TPSA) is 179 Å². The van der Waals surface area contributed by atoms with Gasteiger partial charge in [-0.1, -0.05) is 12.8 Å². The molecule has 5 aliphatic rings. The number of nitrogens with one attached hydrogen (secondary N) is 2. The molecular formula is C46H57N11O5. The number of carbonyl (C=O) groups is 4. The molecule has 4 aromatic rings. The molecule has 9 rings (SSSR count). The number of Topliss-reactive ketones (excluding diaryl/α,β-unsaturated/α-hetero) is 1. The largest absolute Gasteiger partial charge is 0.367 e. The van der Waals surface area contributed by atoms with Crippen LogP contribution in [0.4, 0.5) is 23.3 Å². The van der Waals surface area contributed by atoms with Gasteiger partial charge in [0.15, 0.2) is 5.78 Å². The number of likely N-dealkylation sites (tertiary alicyclic amines) is 1. The zero-order chi connectivity index (χ0) is 42.9. The highest BCUT2D eigenvalue weighted by Gasteiger charge is 2.33. The maximum Gasteiger partial charge on any atom is 0.263 e. The molecule has 1 atom stereocenters. The van der Waals surface area contributed by atoms with Crippen molar-refractivity contribution in [3.05, 3.63) is 69.9 Å². The van der Waals surface area contributed by atoms with Crippen LogP contribution in [0, 0.1) is 18.8 Å². The number of fused-ring (bicyclic) bond motifs is 1. The van der Waals surface area contributed by atoms with Gasteiger partial charge in [0, 0.05) is 82.0 Å². The number of rotatable bonds is 10. The molecule has 0 bridgehead atoms. The minimum atomic E-state index is -0.306. The van der Waals surface area contributed by atoms with Crippen LogP contribution < -0.4 is 26.0 Å². The first-order valence-electron chi connectivity index (χ1n) is 22.6. The van der Waals surface area contributed by atoms with Crippen LogP contribution >= 0.6 is 0 Å². The smallest absolute Gasteiger partial charge is 0.263 e. The van der Waals surface area contributed by atoms with E-state index >= 15 is 0 Å². The average Bonchev–Trinajstić information content (AvgIpc) is 3.82. The van der Waals surface area contributed by atoms with E-state index in [0.29, 0.717) is 60.2 Å². The lowest BCUT2D eigenvalue weighted by Crippen LogP contribution is -2.52. The maximum atomic E-state index is 13.7. The van der Waals surface area contributed by atoms with Gasteiger partial charge in [0.25, 0.3) is 5.56 Å². The van der Waals surface area contributed by atoms with Gasteiger partial charge in [0.2, 0.25) is 23.7 Å². The minimum Gasteiger partial charge on any atom is -0.367 e. The summed E-state index contributed by atoms with van der Waals surface area (Å²) in [4.78, 5) is 91.6. The van der Waals surface area contributed by atoms with E-state index in [-0.39, 0.29) is 52.5 Å². The molecule has 4 saturated heterocycles. The predicted octanol–water partition coefficient (Wildman–Crippen LogP) is 4.75. The maximum absolute atomic E-state index is 13.7. The second-order valence-electron chi connectivity index (χ2n) is 17.9. The highest BCUT2D eigenvalue weighted by Crippen LogP contribution is 2.33. The van der Waals surface area contributed by atoms with Crippen molar-refractivity contribution in [2.75, 3.05) is 74.0 Å². The molecule has 16 nitrogen and oxygen atoms in total. The quantitative estimate of drug-likeness (QED) is 0.165. The highest BCUT2D eigenvalue weighted by molar-refractivity contribution is 6.01. The van der Waals surface area contributed by atoms with Crippen LogP contribution in [0.3, 0.4) is 0 Å². The molecule has 4 aromatic heterocycles. The summed E-state index contributed by atoms with van der Waals surface area (Å²) in [6, 6.07) is 7.83. The van der Waals surface area contributed by atoms with Crippen molar-refractivity contribution in [3.63, 3.8) is 0 Å². The number of carbonyl (C=O) groups excluding carboxylic acids is 4. The summed E-state index contributed by atoms with van der Waals surface area (Å²) in [5, 5.41) is 6.38. The fraction of sp³-hybridized carbons (Fsp3) is 0.543. The van der Waals surface area contributed by atoms with Crippen LogP contribution in [0.25, 0.3) is 11.0 Å². The van der Waals surface area contributed by atoms with Gasteiger partial charge < -0.3 is 24.9 Å². The zero-order valence-corrected chi connectivity index (χ0v) is 35.9. The molecule has 62 heavy (non-hydrogen) atoms. The first-order chi connectivity index (χ1) is 30.1. The van der Waals surface area contributed by atoms with Gasteiger partial charge in [-0.05, 0) is 113 Å². The van der Waals surface area contributed by atoms with Crippen molar-refractivity contribution in [3.8, 4) is 0 Å². The lowest BCUT2D eigenvalue weighted by molar-refractivity contribution is -0.137. The fourth-order valence-corrected chi connectivity index (χ4v) is 10.4. The van der Waals surface area contributed by atoms with Gasteiger partial charge in [-0.2, -0.15) is 4.98 Å².